The second-order valence-electron chi connectivity index (χ2n) is 10.3. The van der Waals surface area contributed by atoms with Crippen molar-refractivity contribution in [2.24, 2.45) is 4.99 Å². The topological polar surface area (TPSA) is 65.6 Å². The maximum Gasteiger partial charge on any atom is 0.338 e. The predicted molar refractivity (Wildman–Crippen MR) is 163 cm³/mol. The van der Waals surface area contributed by atoms with Crippen LogP contribution in [0.15, 0.2) is 80.5 Å². The molecule has 2 aromatic heterocycles. The van der Waals surface area contributed by atoms with E-state index in [0.29, 0.717) is 20.6 Å². The van der Waals surface area contributed by atoms with Gasteiger partial charge in [0, 0.05) is 22.0 Å². The highest BCUT2D eigenvalue weighted by Crippen LogP contribution is 2.32. The van der Waals surface area contributed by atoms with Crippen LogP contribution >= 0.6 is 23.1 Å². The van der Waals surface area contributed by atoms with E-state index in [2.05, 4.69) is 55.7 Å². The van der Waals surface area contributed by atoms with E-state index in [1.54, 1.807) is 16.3 Å². The molecule has 4 aromatic rings. The summed E-state index contributed by atoms with van der Waals surface area (Å²) in [5, 5.41) is 0. The van der Waals surface area contributed by atoms with Crippen LogP contribution in [0.1, 0.15) is 54.9 Å². The minimum Gasteiger partial charge on any atom is -0.459 e. The molecule has 5 rings (SSSR count). The third kappa shape index (κ3) is 5.13. The first-order valence-electron chi connectivity index (χ1n) is 13.2. The van der Waals surface area contributed by atoms with E-state index in [-0.39, 0.29) is 11.7 Å². The molecule has 0 aliphatic carbocycles. The number of esters is 1. The molecule has 0 spiro atoms. The van der Waals surface area contributed by atoms with Gasteiger partial charge in [-0.25, -0.2) is 9.79 Å². The van der Waals surface area contributed by atoms with Crippen LogP contribution in [0.3, 0.4) is 0 Å². The fraction of sp³-hybridized carbons (Fsp3) is 0.281. The zero-order valence-corrected chi connectivity index (χ0v) is 25.4. The van der Waals surface area contributed by atoms with E-state index in [4.69, 9.17) is 9.73 Å². The number of hydrogen-bond acceptors (Lipinski definition) is 6. The summed E-state index contributed by atoms with van der Waals surface area (Å²) >= 11 is 2.99. The molecule has 0 bridgehead atoms. The highest BCUT2D eigenvalue weighted by molar-refractivity contribution is 7.98. The maximum atomic E-state index is 14.0. The summed E-state index contributed by atoms with van der Waals surface area (Å²) in [6.45, 7) is 11.7. The standard InChI is InChI=1S/C32H33N3O3S2/c1-18(2)38-31(37)28-21(5)33-32-35(29(28)23-10-14-26(39-7)15-11-23)30(36)27(40-32)17-24-16-20(4)34(22(24)6)25-12-8-19(3)9-13-25/h8-18,29H,1-7H3/b27-17-/t29-/m0/s1. The molecule has 0 amide bonds. The molecule has 206 valence electrons. The Bertz CT molecular complexity index is 1800. The Labute approximate surface area is 242 Å². The summed E-state index contributed by atoms with van der Waals surface area (Å²) in [7, 11) is 0. The summed E-state index contributed by atoms with van der Waals surface area (Å²) in [6, 6.07) is 17.9. The molecule has 1 atom stereocenters. The highest BCUT2D eigenvalue weighted by atomic mass is 32.2. The summed E-state index contributed by atoms with van der Waals surface area (Å²) in [5.41, 5.74) is 7.02. The third-order valence-electron chi connectivity index (χ3n) is 7.06. The SMILES string of the molecule is CSc1ccc([C@H]2C(C(=O)OC(C)C)=C(C)N=c3s/c(=C\c4cc(C)n(-c5ccc(C)cc5)c4C)c(=O)n32)cc1. The number of aromatic nitrogens is 2. The van der Waals surface area contributed by atoms with Gasteiger partial charge in [0.1, 0.15) is 0 Å². The molecule has 0 saturated heterocycles. The number of nitrogens with zero attached hydrogens (tertiary/aromatic N) is 3. The number of thiazole rings is 1. The molecule has 2 aromatic carbocycles. The second kappa shape index (κ2) is 11.1. The van der Waals surface area contributed by atoms with Crippen molar-refractivity contribution in [1.29, 1.82) is 0 Å². The van der Waals surface area contributed by atoms with Gasteiger partial charge in [-0.05, 0) is 95.3 Å². The van der Waals surface area contributed by atoms with Crippen molar-refractivity contribution >= 4 is 35.1 Å². The van der Waals surface area contributed by atoms with E-state index < -0.39 is 12.0 Å². The number of allylic oxidation sites excluding steroid dienone is 1. The minimum absolute atomic E-state index is 0.176. The highest BCUT2D eigenvalue weighted by Gasteiger charge is 2.33. The molecule has 8 heteroatoms. The largest absolute Gasteiger partial charge is 0.459 e. The van der Waals surface area contributed by atoms with Crippen molar-refractivity contribution < 1.29 is 9.53 Å². The van der Waals surface area contributed by atoms with Gasteiger partial charge in [-0.1, -0.05) is 41.2 Å². The Balaban J connectivity index is 1.67. The van der Waals surface area contributed by atoms with Gasteiger partial charge in [0.2, 0.25) is 0 Å². The Morgan fingerprint density at radius 1 is 1.05 bits per heavy atom. The smallest absolute Gasteiger partial charge is 0.338 e. The van der Waals surface area contributed by atoms with Gasteiger partial charge in [0.05, 0.1) is 27.9 Å². The molecule has 0 N–H and O–H groups in total. The van der Waals surface area contributed by atoms with Crippen LogP contribution in [0, 0.1) is 20.8 Å². The van der Waals surface area contributed by atoms with E-state index in [1.807, 2.05) is 57.4 Å². The van der Waals surface area contributed by atoms with Gasteiger partial charge < -0.3 is 9.30 Å². The summed E-state index contributed by atoms with van der Waals surface area (Å²) in [6.07, 6.45) is 3.67. The molecule has 0 fully saturated rings. The van der Waals surface area contributed by atoms with E-state index in [0.717, 1.165) is 33.1 Å². The van der Waals surface area contributed by atoms with Gasteiger partial charge in [-0.15, -0.1) is 11.8 Å². The lowest BCUT2D eigenvalue weighted by Crippen LogP contribution is -2.40. The zero-order valence-electron chi connectivity index (χ0n) is 23.8. The van der Waals surface area contributed by atoms with Crippen LogP contribution in [0.5, 0.6) is 0 Å². The van der Waals surface area contributed by atoms with Crippen molar-refractivity contribution in [1.82, 2.24) is 9.13 Å². The number of benzene rings is 2. The molecule has 0 radical (unpaired) electrons. The lowest BCUT2D eigenvalue weighted by molar-refractivity contribution is -0.143. The summed E-state index contributed by atoms with van der Waals surface area (Å²) < 4.78 is 10.0. The number of hydrogen-bond donors (Lipinski definition) is 0. The number of carbonyl (C=O) groups excluding carboxylic acids is 1. The van der Waals surface area contributed by atoms with Gasteiger partial charge in [-0.3, -0.25) is 9.36 Å². The average molecular weight is 572 g/mol. The van der Waals surface area contributed by atoms with Crippen molar-refractivity contribution in [3.63, 3.8) is 0 Å². The van der Waals surface area contributed by atoms with E-state index >= 15 is 0 Å². The van der Waals surface area contributed by atoms with Crippen LogP contribution < -0.4 is 14.9 Å². The molecular weight excluding hydrogens is 539 g/mol. The first-order valence-corrected chi connectivity index (χ1v) is 15.3. The lowest BCUT2D eigenvalue weighted by atomic mass is 9.96. The quantitative estimate of drug-likeness (QED) is 0.222. The number of thioether (sulfide) groups is 1. The second-order valence-corrected chi connectivity index (χ2v) is 12.2. The van der Waals surface area contributed by atoms with Crippen molar-refractivity contribution in [3.8, 4) is 5.69 Å². The molecule has 1 aliphatic rings. The molecule has 40 heavy (non-hydrogen) atoms. The number of fused-ring (bicyclic) bond motifs is 1. The molecule has 0 unspecified atom stereocenters. The number of ether oxygens (including phenoxy) is 1. The molecule has 6 nitrogen and oxygen atoms in total. The first kappa shape index (κ1) is 27.9. The predicted octanol–water partition coefficient (Wildman–Crippen LogP) is 5.62. The summed E-state index contributed by atoms with van der Waals surface area (Å²) in [5.74, 6) is -0.453. The fourth-order valence-corrected chi connectivity index (χ4v) is 6.57. The summed E-state index contributed by atoms with van der Waals surface area (Å²) in [4.78, 5) is 33.7. The van der Waals surface area contributed by atoms with E-state index in [1.165, 1.54) is 16.9 Å². The van der Waals surface area contributed by atoms with Gasteiger partial charge >= 0.3 is 5.97 Å². The molecule has 0 saturated carbocycles. The van der Waals surface area contributed by atoms with Gasteiger partial charge in [-0.2, -0.15) is 0 Å². The van der Waals surface area contributed by atoms with Crippen LogP contribution in [-0.2, 0) is 9.53 Å². The third-order valence-corrected chi connectivity index (χ3v) is 8.79. The van der Waals surface area contributed by atoms with Crippen molar-refractivity contribution in [3.05, 3.63) is 114 Å². The first-order chi connectivity index (χ1) is 19.1. The maximum absolute atomic E-state index is 14.0. The molecule has 1 aliphatic heterocycles. The molecular formula is C32H33N3O3S2. The minimum atomic E-state index is -0.624. The molecule has 3 heterocycles. The van der Waals surface area contributed by atoms with Gasteiger partial charge in [0.25, 0.3) is 5.56 Å². The Morgan fingerprint density at radius 2 is 1.73 bits per heavy atom. The fourth-order valence-electron chi connectivity index (χ4n) is 5.13. The average Bonchev–Trinajstić information content (AvgIpc) is 3.37. The Kier molecular flexibility index (Phi) is 7.75. The van der Waals surface area contributed by atoms with Crippen LogP contribution in [-0.4, -0.2) is 27.5 Å². The zero-order chi connectivity index (χ0) is 28.7. The van der Waals surface area contributed by atoms with Crippen molar-refractivity contribution in [2.45, 2.75) is 58.6 Å². The Hall–Kier alpha value is -3.62. The normalized spacial score (nSPS) is 15.4. The van der Waals surface area contributed by atoms with Crippen LogP contribution in [0.25, 0.3) is 11.8 Å². The number of carbonyl (C=O) groups is 1. The lowest BCUT2D eigenvalue weighted by Gasteiger charge is -2.25. The monoisotopic (exact) mass is 571 g/mol. The number of aryl methyl sites for hydroxylation is 2. The Morgan fingerprint density at radius 3 is 2.35 bits per heavy atom. The van der Waals surface area contributed by atoms with Crippen LogP contribution in [0.2, 0.25) is 0 Å². The van der Waals surface area contributed by atoms with E-state index in [9.17, 15) is 9.59 Å². The van der Waals surface area contributed by atoms with Crippen molar-refractivity contribution in [2.75, 3.05) is 6.26 Å². The van der Waals surface area contributed by atoms with Gasteiger partial charge in [0.15, 0.2) is 4.80 Å². The van der Waals surface area contributed by atoms with Crippen LogP contribution in [0.4, 0.5) is 0 Å². The number of rotatable bonds is 6.